The minimum absolute atomic E-state index is 0.0342. The number of carbonyl (C=O) groups is 1. The topological polar surface area (TPSA) is 59.6 Å². The predicted octanol–water partition coefficient (Wildman–Crippen LogP) is 3.37. The fraction of sp³-hybridized carbons (Fsp3) is 0.611. The number of rotatable bonds is 9. The first-order valence-corrected chi connectivity index (χ1v) is 8.34. The average molecular weight is 358 g/mol. The van der Waals surface area contributed by atoms with Crippen LogP contribution in [0.5, 0.6) is 0 Å². The van der Waals surface area contributed by atoms with E-state index in [4.69, 9.17) is 9.47 Å². The quantitative estimate of drug-likeness (QED) is 0.665. The monoisotopic (exact) mass is 358 g/mol. The van der Waals surface area contributed by atoms with Crippen molar-refractivity contribution >= 4 is 6.09 Å². The molecule has 142 valence electrons. The molecule has 1 aromatic carbocycles. The van der Waals surface area contributed by atoms with Crippen molar-refractivity contribution < 1.29 is 23.0 Å². The summed E-state index contributed by atoms with van der Waals surface area (Å²) in [5.74, 6) is -0.917. The lowest BCUT2D eigenvalue weighted by molar-refractivity contribution is 0.0526. The minimum Gasteiger partial charge on any atom is -0.444 e. The van der Waals surface area contributed by atoms with Gasteiger partial charge in [-0.25, -0.2) is 13.6 Å². The molecule has 7 heteroatoms. The molecule has 1 unspecified atom stereocenters. The van der Waals surface area contributed by atoms with E-state index in [9.17, 15) is 13.6 Å². The number of nitrogens with one attached hydrogen (secondary N) is 2. The Labute approximate surface area is 148 Å². The number of amides is 1. The number of carbonyl (C=O) groups excluding carboxylic acids is 1. The van der Waals surface area contributed by atoms with Crippen molar-refractivity contribution in [2.45, 2.75) is 51.8 Å². The normalized spacial score (nSPS) is 12.7. The molecule has 0 spiro atoms. The first-order valence-electron chi connectivity index (χ1n) is 8.34. The maximum Gasteiger partial charge on any atom is 0.407 e. The number of methoxy groups -OCH3 is 1. The molecule has 0 heterocycles. The Kier molecular flexibility index (Phi) is 8.78. The van der Waals surface area contributed by atoms with Crippen molar-refractivity contribution in [2.24, 2.45) is 0 Å². The van der Waals surface area contributed by atoms with E-state index in [-0.39, 0.29) is 18.2 Å². The second-order valence-electron chi connectivity index (χ2n) is 6.84. The summed E-state index contributed by atoms with van der Waals surface area (Å²) in [6, 6.07) is 3.35. The van der Waals surface area contributed by atoms with Crippen LogP contribution in [-0.2, 0) is 16.0 Å². The third kappa shape index (κ3) is 9.36. The molecule has 0 aliphatic heterocycles. The van der Waals surface area contributed by atoms with Crippen molar-refractivity contribution in [2.75, 3.05) is 20.3 Å². The highest BCUT2D eigenvalue weighted by molar-refractivity contribution is 5.67. The molecule has 0 aliphatic carbocycles. The summed E-state index contributed by atoms with van der Waals surface area (Å²) in [5.41, 5.74) is -0.257. The highest BCUT2D eigenvalue weighted by Crippen LogP contribution is 2.10. The second kappa shape index (κ2) is 10.3. The zero-order chi connectivity index (χ0) is 18.9. The molecule has 25 heavy (non-hydrogen) atoms. The predicted molar refractivity (Wildman–Crippen MR) is 92.3 cm³/mol. The lowest BCUT2D eigenvalue weighted by Gasteiger charge is -2.20. The van der Waals surface area contributed by atoms with Gasteiger partial charge in [0.15, 0.2) is 0 Å². The molecule has 0 aliphatic rings. The minimum atomic E-state index is -0.529. The molecular weight excluding hydrogens is 330 g/mol. The van der Waals surface area contributed by atoms with Crippen molar-refractivity contribution in [1.29, 1.82) is 0 Å². The summed E-state index contributed by atoms with van der Waals surface area (Å²) >= 11 is 0. The number of hydrogen-bond donors (Lipinski definition) is 2. The summed E-state index contributed by atoms with van der Waals surface area (Å²) in [4.78, 5) is 11.6. The van der Waals surface area contributed by atoms with E-state index < -0.39 is 23.3 Å². The molecule has 0 saturated heterocycles. The van der Waals surface area contributed by atoms with E-state index in [1.54, 1.807) is 27.9 Å². The number of hydrogen-bond acceptors (Lipinski definition) is 4. The SMILES string of the molecule is COCC(CCCNC(=O)OC(C)(C)C)NCc1cc(F)ccc1F. The lowest BCUT2D eigenvalue weighted by Crippen LogP contribution is -2.35. The Balaban J connectivity index is 2.37. The van der Waals surface area contributed by atoms with Crippen LogP contribution in [0.25, 0.3) is 0 Å². The molecule has 0 bridgehead atoms. The third-order valence-electron chi connectivity index (χ3n) is 3.35. The van der Waals surface area contributed by atoms with E-state index >= 15 is 0 Å². The average Bonchev–Trinajstić information content (AvgIpc) is 2.50. The molecule has 0 saturated carbocycles. The van der Waals surface area contributed by atoms with Crippen molar-refractivity contribution in [3.63, 3.8) is 0 Å². The molecule has 5 nitrogen and oxygen atoms in total. The largest absolute Gasteiger partial charge is 0.444 e. The van der Waals surface area contributed by atoms with Gasteiger partial charge in [0.1, 0.15) is 17.2 Å². The molecule has 0 fully saturated rings. The Bertz CT molecular complexity index is 548. The smallest absolute Gasteiger partial charge is 0.407 e. The Morgan fingerprint density at radius 1 is 1.28 bits per heavy atom. The van der Waals surface area contributed by atoms with Gasteiger partial charge in [0.25, 0.3) is 0 Å². The molecule has 1 amide bonds. The van der Waals surface area contributed by atoms with E-state index in [0.717, 1.165) is 12.1 Å². The molecule has 0 aromatic heterocycles. The lowest BCUT2D eigenvalue weighted by atomic mass is 10.1. The van der Waals surface area contributed by atoms with E-state index in [1.165, 1.54) is 6.07 Å². The Morgan fingerprint density at radius 2 is 2.00 bits per heavy atom. The number of halogens is 2. The summed E-state index contributed by atoms with van der Waals surface area (Å²) in [6.45, 7) is 6.51. The van der Waals surface area contributed by atoms with Gasteiger partial charge in [-0.2, -0.15) is 0 Å². The summed E-state index contributed by atoms with van der Waals surface area (Å²) in [5, 5.41) is 5.84. The van der Waals surface area contributed by atoms with Gasteiger partial charge in [-0.3, -0.25) is 0 Å². The maximum atomic E-state index is 13.6. The van der Waals surface area contributed by atoms with Gasteiger partial charge < -0.3 is 20.1 Å². The van der Waals surface area contributed by atoms with E-state index in [1.807, 2.05) is 0 Å². The van der Waals surface area contributed by atoms with Crippen LogP contribution in [0.3, 0.4) is 0 Å². The molecule has 1 rings (SSSR count). The first-order chi connectivity index (χ1) is 11.7. The van der Waals surface area contributed by atoms with Crippen LogP contribution >= 0.6 is 0 Å². The fourth-order valence-electron chi connectivity index (χ4n) is 2.23. The van der Waals surface area contributed by atoms with Gasteiger partial charge >= 0.3 is 6.09 Å². The summed E-state index contributed by atoms with van der Waals surface area (Å²) < 4.78 is 37.1. The van der Waals surface area contributed by atoms with Crippen LogP contribution in [0, 0.1) is 11.6 Å². The zero-order valence-corrected chi connectivity index (χ0v) is 15.3. The van der Waals surface area contributed by atoms with E-state index in [2.05, 4.69) is 10.6 Å². The number of ether oxygens (including phenoxy) is 2. The summed E-state index contributed by atoms with van der Waals surface area (Å²) in [7, 11) is 1.58. The zero-order valence-electron chi connectivity index (χ0n) is 15.3. The highest BCUT2D eigenvalue weighted by atomic mass is 19.1. The van der Waals surface area contributed by atoms with Gasteiger partial charge in [0.05, 0.1) is 6.61 Å². The molecule has 0 radical (unpaired) electrons. The van der Waals surface area contributed by atoms with Gasteiger partial charge in [0.2, 0.25) is 0 Å². The first kappa shape index (κ1) is 21.3. The van der Waals surface area contributed by atoms with Gasteiger partial charge in [0, 0.05) is 31.8 Å². The van der Waals surface area contributed by atoms with Crippen molar-refractivity contribution in [3.05, 3.63) is 35.4 Å². The van der Waals surface area contributed by atoms with E-state index in [0.29, 0.717) is 26.0 Å². The van der Waals surface area contributed by atoms with Crippen molar-refractivity contribution in [3.8, 4) is 0 Å². The fourth-order valence-corrected chi connectivity index (χ4v) is 2.23. The summed E-state index contributed by atoms with van der Waals surface area (Å²) in [6.07, 6.45) is 0.956. The van der Waals surface area contributed by atoms with Crippen LogP contribution in [-0.4, -0.2) is 38.0 Å². The standard InChI is InChI=1S/C18H28F2N2O3/c1-18(2,3)25-17(23)21-9-5-6-15(12-24-4)22-11-13-10-14(19)7-8-16(13)20/h7-8,10,15,22H,5-6,9,11-12H2,1-4H3,(H,21,23). The maximum absolute atomic E-state index is 13.6. The third-order valence-corrected chi connectivity index (χ3v) is 3.35. The molecule has 1 aromatic rings. The Hall–Kier alpha value is -1.73. The number of alkyl carbamates (subject to hydrolysis) is 1. The van der Waals surface area contributed by atoms with Gasteiger partial charge in [-0.05, 0) is 51.8 Å². The highest BCUT2D eigenvalue weighted by Gasteiger charge is 2.16. The molecule has 1 atom stereocenters. The van der Waals surface area contributed by atoms with Crippen LogP contribution < -0.4 is 10.6 Å². The number of benzene rings is 1. The molecular formula is C18H28F2N2O3. The van der Waals surface area contributed by atoms with Crippen LogP contribution in [0.2, 0.25) is 0 Å². The van der Waals surface area contributed by atoms with Gasteiger partial charge in [-0.15, -0.1) is 0 Å². The van der Waals surface area contributed by atoms with Crippen LogP contribution in [0.4, 0.5) is 13.6 Å². The Morgan fingerprint density at radius 3 is 2.64 bits per heavy atom. The van der Waals surface area contributed by atoms with Gasteiger partial charge in [-0.1, -0.05) is 0 Å². The van der Waals surface area contributed by atoms with Crippen LogP contribution in [0.15, 0.2) is 18.2 Å². The van der Waals surface area contributed by atoms with Crippen molar-refractivity contribution in [1.82, 2.24) is 10.6 Å². The molecule has 2 N–H and O–H groups in total. The van der Waals surface area contributed by atoms with Crippen LogP contribution in [0.1, 0.15) is 39.2 Å². The second-order valence-corrected chi connectivity index (χ2v) is 6.84.